The molecule has 1 rings (SSSR count). The number of pyridine rings is 1. The zero-order chi connectivity index (χ0) is 9.68. The van der Waals surface area contributed by atoms with Gasteiger partial charge in [-0.2, -0.15) is 0 Å². The fourth-order valence-corrected chi connectivity index (χ4v) is 1.13. The minimum atomic E-state index is 0.144. The van der Waals surface area contributed by atoms with E-state index >= 15 is 0 Å². The molecule has 1 aromatic rings. The van der Waals surface area contributed by atoms with Gasteiger partial charge < -0.3 is 0 Å². The summed E-state index contributed by atoms with van der Waals surface area (Å²) in [5.74, 6) is 0.144. The molecule has 0 amide bonds. The van der Waals surface area contributed by atoms with Gasteiger partial charge in [0.15, 0.2) is 5.78 Å². The highest BCUT2D eigenvalue weighted by molar-refractivity contribution is 6.29. The first-order valence-corrected chi connectivity index (χ1v) is 4.76. The molecule has 0 aliphatic carbocycles. The average molecular weight is 198 g/mol. The number of Topliss-reactive ketones (excluding diaryl/α,β-unsaturated/α-hetero) is 1. The molecule has 1 heterocycles. The standard InChI is InChI=1S/C10H12ClNO/c1-2-3-4-9(13)8-5-6-10(11)12-7-8/h5-7H,2-4H2,1H3. The lowest BCUT2D eigenvalue weighted by molar-refractivity contribution is 0.0979. The van der Waals surface area contributed by atoms with Crippen LogP contribution in [0, 0.1) is 0 Å². The molecular formula is C10H12ClNO. The Bertz CT molecular complexity index is 281. The van der Waals surface area contributed by atoms with E-state index in [2.05, 4.69) is 11.9 Å². The van der Waals surface area contributed by atoms with Crippen molar-refractivity contribution < 1.29 is 4.79 Å². The second-order valence-electron chi connectivity index (χ2n) is 2.90. The molecule has 0 fully saturated rings. The highest BCUT2D eigenvalue weighted by Crippen LogP contribution is 2.09. The predicted molar refractivity (Wildman–Crippen MR) is 53.1 cm³/mol. The molecule has 13 heavy (non-hydrogen) atoms. The monoisotopic (exact) mass is 197 g/mol. The Balaban J connectivity index is 2.61. The fourth-order valence-electron chi connectivity index (χ4n) is 1.02. The van der Waals surface area contributed by atoms with Gasteiger partial charge in [-0.1, -0.05) is 24.9 Å². The van der Waals surface area contributed by atoms with Crippen molar-refractivity contribution in [2.75, 3.05) is 0 Å². The molecule has 0 unspecified atom stereocenters. The Morgan fingerprint density at radius 2 is 2.31 bits per heavy atom. The Labute approximate surface area is 82.9 Å². The lowest BCUT2D eigenvalue weighted by Gasteiger charge is -1.98. The second-order valence-corrected chi connectivity index (χ2v) is 3.28. The third-order valence-electron chi connectivity index (χ3n) is 1.81. The summed E-state index contributed by atoms with van der Waals surface area (Å²) in [6.45, 7) is 2.06. The van der Waals surface area contributed by atoms with Crippen LogP contribution in [-0.4, -0.2) is 10.8 Å². The molecule has 0 bridgehead atoms. The van der Waals surface area contributed by atoms with E-state index in [9.17, 15) is 4.79 Å². The fraction of sp³-hybridized carbons (Fsp3) is 0.400. The second kappa shape index (κ2) is 4.97. The van der Waals surface area contributed by atoms with Crippen molar-refractivity contribution in [2.45, 2.75) is 26.2 Å². The number of carbonyl (C=O) groups is 1. The maximum Gasteiger partial charge on any atom is 0.164 e. The van der Waals surface area contributed by atoms with Crippen LogP contribution in [-0.2, 0) is 0 Å². The summed E-state index contributed by atoms with van der Waals surface area (Å²) in [6.07, 6.45) is 4.09. The molecule has 0 aliphatic rings. The van der Waals surface area contributed by atoms with Gasteiger partial charge in [0.1, 0.15) is 5.15 Å². The Kier molecular flexibility index (Phi) is 3.90. The van der Waals surface area contributed by atoms with Gasteiger partial charge in [-0.05, 0) is 18.6 Å². The number of hydrogen-bond donors (Lipinski definition) is 0. The zero-order valence-corrected chi connectivity index (χ0v) is 8.34. The van der Waals surface area contributed by atoms with Crippen molar-refractivity contribution in [1.29, 1.82) is 0 Å². The highest BCUT2D eigenvalue weighted by Gasteiger charge is 2.04. The third kappa shape index (κ3) is 3.15. The maximum absolute atomic E-state index is 11.4. The van der Waals surface area contributed by atoms with E-state index in [0.717, 1.165) is 12.8 Å². The smallest absolute Gasteiger partial charge is 0.164 e. The number of unbranched alkanes of at least 4 members (excludes halogenated alkanes) is 1. The molecule has 1 aromatic heterocycles. The largest absolute Gasteiger partial charge is 0.294 e. The number of halogens is 1. The number of rotatable bonds is 4. The van der Waals surface area contributed by atoms with Crippen LogP contribution in [0.4, 0.5) is 0 Å². The number of aromatic nitrogens is 1. The van der Waals surface area contributed by atoms with Crippen molar-refractivity contribution >= 4 is 17.4 Å². The Morgan fingerprint density at radius 3 is 2.85 bits per heavy atom. The third-order valence-corrected chi connectivity index (χ3v) is 2.03. The molecule has 0 aromatic carbocycles. The van der Waals surface area contributed by atoms with Crippen LogP contribution < -0.4 is 0 Å². The molecule has 3 heteroatoms. The average Bonchev–Trinajstić information content (AvgIpc) is 2.15. The van der Waals surface area contributed by atoms with Crippen LogP contribution >= 0.6 is 11.6 Å². The van der Waals surface area contributed by atoms with Gasteiger partial charge in [-0.25, -0.2) is 4.98 Å². The molecule has 2 nitrogen and oxygen atoms in total. The lowest BCUT2D eigenvalue weighted by atomic mass is 10.1. The summed E-state index contributed by atoms with van der Waals surface area (Å²) >= 11 is 5.60. The zero-order valence-electron chi connectivity index (χ0n) is 7.59. The van der Waals surface area contributed by atoms with E-state index in [-0.39, 0.29) is 5.78 Å². The predicted octanol–water partition coefficient (Wildman–Crippen LogP) is 3.11. The molecule has 0 atom stereocenters. The first kappa shape index (κ1) is 10.2. The molecular weight excluding hydrogens is 186 g/mol. The summed E-state index contributed by atoms with van der Waals surface area (Å²) in [5.41, 5.74) is 0.651. The van der Waals surface area contributed by atoms with Crippen molar-refractivity contribution in [3.63, 3.8) is 0 Å². The summed E-state index contributed by atoms with van der Waals surface area (Å²) in [6, 6.07) is 3.36. The highest BCUT2D eigenvalue weighted by atomic mass is 35.5. The van der Waals surface area contributed by atoms with Gasteiger partial charge in [0.05, 0.1) is 0 Å². The molecule has 70 valence electrons. The van der Waals surface area contributed by atoms with Crippen molar-refractivity contribution in [1.82, 2.24) is 4.98 Å². The van der Waals surface area contributed by atoms with E-state index in [4.69, 9.17) is 11.6 Å². The molecule has 0 radical (unpaired) electrons. The van der Waals surface area contributed by atoms with Crippen LogP contribution in [0.2, 0.25) is 5.15 Å². The number of nitrogens with zero attached hydrogens (tertiary/aromatic N) is 1. The van der Waals surface area contributed by atoms with Gasteiger partial charge in [0.25, 0.3) is 0 Å². The van der Waals surface area contributed by atoms with Crippen LogP contribution in [0.25, 0.3) is 0 Å². The van der Waals surface area contributed by atoms with Gasteiger partial charge in [-0.15, -0.1) is 0 Å². The summed E-state index contributed by atoms with van der Waals surface area (Å²) in [4.78, 5) is 15.3. The van der Waals surface area contributed by atoms with Crippen LogP contribution in [0.3, 0.4) is 0 Å². The van der Waals surface area contributed by atoms with E-state index < -0.39 is 0 Å². The quantitative estimate of drug-likeness (QED) is 0.549. The van der Waals surface area contributed by atoms with E-state index in [1.807, 2.05) is 0 Å². The molecule has 0 saturated heterocycles. The molecule has 0 aliphatic heterocycles. The minimum absolute atomic E-state index is 0.144. The van der Waals surface area contributed by atoms with E-state index in [1.54, 1.807) is 12.1 Å². The molecule has 0 saturated carbocycles. The Morgan fingerprint density at radius 1 is 1.54 bits per heavy atom. The lowest BCUT2D eigenvalue weighted by Crippen LogP contribution is -1.98. The topological polar surface area (TPSA) is 30.0 Å². The number of ketones is 1. The van der Waals surface area contributed by atoms with Gasteiger partial charge in [-0.3, -0.25) is 4.79 Å². The van der Waals surface area contributed by atoms with Crippen molar-refractivity contribution in [3.8, 4) is 0 Å². The van der Waals surface area contributed by atoms with Crippen molar-refractivity contribution in [2.24, 2.45) is 0 Å². The van der Waals surface area contributed by atoms with E-state index in [0.29, 0.717) is 17.1 Å². The van der Waals surface area contributed by atoms with Gasteiger partial charge >= 0.3 is 0 Å². The summed E-state index contributed by atoms with van der Waals surface area (Å²) < 4.78 is 0. The first-order chi connectivity index (χ1) is 6.24. The molecule has 0 N–H and O–H groups in total. The Hall–Kier alpha value is -0.890. The SMILES string of the molecule is CCCCC(=O)c1ccc(Cl)nc1. The summed E-state index contributed by atoms with van der Waals surface area (Å²) in [7, 11) is 0. The minimum Gasteiger partial charge on any atom is -0.294 e. The maximum atomic E-state index is 11.4. The number of carbonyl (C=O) groups excluding carboxylic acids is 1. The van der Waals surface area contributed by atoms with Crippen molar-refractivity contribution in [3.05, 3.63) is 29.0 Å². The molecule has 0 spiro atoms. The summed E-state index contributed by atoms with van der Waals surface area (Å²) in [5, 5.41) is 0.423. The number of hydrogen-bond acceptors (Lipinski definition) is 2. The van der Waals surface area contributed by atoms with Crippen LogP contribution in [0.5, 0.6) is 0 Å². The van der Waals surface area contributed by atoms with Gasteiger partial charge in [0.2, 0.25) is 0 Å². The van der Waals surface area contributed by atoms with Crippen LogP contribution in [0.1, 0.15) is 36.5 Å². The normalized spacial score (nSPS) is 10.0. The van der Waals surface area contributed by atoms with Crippen LogP contribution in [0.15, 0.2) is 18.3 Å². The van der Waals surface area contributed by atoms with Gasteiger partial charge in [0, 0.05) is 18.2 Å². The first-order valence-electron chi connectivity index (χ1n) is 4.38. The van der Waals surface area contributed by atoms with E-state index in [1.165, 1.54) is 6.20 Å².